The molecular formula is C28H39N3O6S. The number of fused-ring (bicyclic) bond motifs is 1. The van der Waals surface area contributed by atoms with Crippen LogP contribution in [0.4, 0.5) is 5.69 Å². The van der Waals surface area contributed by atoms with Crippen LogP contribution in [0, 0.1) is 0 Å². The third-order valence-electron chi connectivity index (χ3n) is 6.66. The molecule has 0 aromatic heterocycles. The molecule has 1 aliphatic rings. The Bertz CT molecular complexity index is 1190. The van der Waals surface area contributed by atoms with E-state index in [9.17, 15) is 18.0 Å². The van der Waals surface area contributed by atoms with E-state index in [0.717, 1.165) is 16.3 Å². The van der Waals surface area contributed by atoms with Crippen molar-refractivity contribution in [3.8, 4) is 11.5 Å². The SMILES string of the molecule is CCC(C)NC(=O)C(CC)N(CCc1ccccc1)C(=O)CN(c1ccc2c(c1)OCCO2)S(=O)(=O)CC. The summed E-state index contributed by atoms with van der Waals surface area (Å²) in [6.45, 7) is 7.89. The zero-order valence-electron chi connectivity index (χ0n) is 22.7. The van der Waals surface area contributed by atoms with Crippen LogP contribution in [0.2, 0.25) is 0 Å². The van der Waals surface area contributed by atoms with Crippen LogP contribution < -0.4 is 19.1 Å². The summed E-state index contributed by atoms with van der Waals surface area (Å²) in [4.78, 5) is 28.6. The van der Waals surface area contributed by atoms with E-state index in [4.69, 9.17) is 9.47 Å². The Morgan fingerprint density at radius 2 is 1.66 bits per heavy atom. The molecule has 2 unspecified atom stereocenters. The second kappa shape index (κ2) is 13.5. The van der Waals surface area contributed by atoms with Gasteiger partial charge in [0.25, 0.3) is 0 Å². The topological polar surface area (TPSA) is 105 Å². The normalized spacial score (nSPS) is 14.3. The first-order chi connectivity index (χ1) is 18.2. The van der Waals surface area contributed by atoms with Gasteiger partial charge in [0.15, 0.2) is 11.5 Å². The molecule has 9 nitrogen and oxygen atoms in total. The van der Waals surface area contributed by atoms with Gasteiger partial charge in [-0.2, -0.15) is 0 Å². The number of hydrogen-bond donors (Lipinski definition) is 1. The minimum atomic E-state index is -3.82. The van der Waals surface area contributed by atoms with Crippen LogP contribution in [0.25, 0.3) is 0 Å². The fourth-order valence-electron chi connectivity index (χ4n) is 4.24. The lowest BCUT2D eigenvalue weighted by atomic mass is 10.1. The van der Waals surface area contributed by atoms with Crippen LogP contribution in [0.15, 0.2) is 48.5 Å². The highest BCUT2D eigenvalue weighted by atomic mass is 32.2. The van der Waals surface area contributed by atoms with Gasteiger partial charge in [-0.1, -0.05) is 44.2 Å². The van der Waals surface area contributed by atoms with Crippen molar-refractivity contribution >= 4 is 27.5 Å². The minimum Gasteiger partial charge on any atom is -0.486 e. The van der Waals surface area contributed by atoms with Gasteiger partial charge in [-0.3, -0.25) is 13.9 Å². The van der Waals surface area contributed by atoms with E-state index in [-0.39, 0.29) is 24.2 Å². The number of hydrogen-bond acceptors (Lipinski definition) is 6. The van der Waals surface area contributed by atoms with Gasteiger partial charge < -0.3 is 19.7 Å². The molecule has 1 aliphatic heterocycles. The van der Waals surface area contributed by atoms with Gasteiger partial charge >= 0.3 is 0 Å². The standard InChI is InChI=1S/C28H39N3O6S/c1-5-21(4)29-28(33)24(6-2)30(16-15-22-11-9-8-10-12-22)27(32)20-31(38(34,35)7-3)23-13-14-25-26(19-23)37-18-17-36-25/h8-14,19,21,24H,5-7,15-18,20H2,1-4H3,(H,29,33). The monoisotopic (exact) mass is 545 g/mol. The minimum absolute atomic E-state index is 0.0442. The molecule has 1 N–H and O–H groups in total. The number of carbonyl (C=O) groups is 2. The first kappa shape index (κ1) is 29.3. The van der Waals surface area contributed by atoms with Gasteiger partial charge in [0.05, 0.1) is 11.4 Å². The maximum Gasteiger partial charge on any atom is 0.244 e. The average Bonchev–Trinajstić information content (AvgIpc) is 2.93. The van der Waals surface area contributed by atoms with E-state index in [1.165, 1.54) is 11.8 Å². The van der Waals surface area contributed by atoms with Crippen molar-refractivity contribution in [3.63, 3.8) is 0 Å². The number of sulfonamides is 1. The van der Waals surface area contributed by atoms with Gasteiger partial charge in [0, 0.05) is 18.7 Å². The first-order valence-corrected chi connectivity index (χ1v) is 14.8. The Morgan fingerprint density at radius 1 is 0.974 bits per heavy atom. The number of rotatable bonds is 13. The van der Waals surface area contributed by atoms with Crippen LogP contribution in [0.1, 0.15) is 46.1 Å². The highest BCUT2D eigenvalue weighted by molar-refractivity contribution is 7.92. The van der Waals surface area contributed by atoms with E-state index < -0.39 is 28.5 Å². The Labute approximate surface area is 226 Å². The molecule has 208 valence electrons. The molecule has 0 saturated carbocycles. The van der Waals surface area contributed by atoms with E-state index in [0.29, 0.717) is 43.2 Å². The molecule has 3 rings (SSSR count). The van der Waals surface area contributed by atoms with Crippen molar-refractivity contribution in [3.05, 3.63) is 54.1 Å². The Balaban J connectivity index is 1.92. The molecule has 0 aliphatic carbocycles. The Kier molecular flexibility index (Phi) is 10.4. The number of anilines is 1. The second-order valence-electron chi connectivity index (χ2n) is 9.30. The lowest BCUT2D eigenvalue weighted by molar-refractivity contribution is -0.139. The van der Waals surface area contributed by atoms with Crippen molar-refractivity contribution in [1.82, 2.24) is 10.2 Å². The smallest absolute Gasteiger partial charge is 0.244 e. The molecule has 0 spiro atoms. The molecule has 2 aromatic rings. The van der Waals surface area contributed by atoms with Gasteiger partial charge in [-0.15, -0.1) is 0 Å². The maximum atomic E-state index is 13.8. The first-order valence-electron chi connectivity index (χ1n) is 13.2. The maximum absolute atomic E-state index is 13.8. The zero-order valence-corrected chi connectivity index (χ0v) is 23.5. The molecule has 2 atom stereocenters. The molecule has 10 heteroatoms. The number of nitrogens with zero attached hydrogens (tertiary/aromatic N) is 2. The second-order valence-corrected chi connectivity index (χ2v) is 11.5. The van der Waals surface area contributed by atoms with E-state index in [1.807, 2.05) is 51.1 Å². The number of amides is 2. The van der Waals surface area contributed by atoms with Gasteiger partial charge in [-0.05, 0) is 50.8 Å². The predicted molar refractivity (Wildman–Crippen MR) is 148 cm³/mol. The molecular weight excluding hydrogens is 506 g/mol. The third kappa shape index (κ3) is 7.40. The highest BCUT2D eigenvalue weighted by Crippen LogP contribution is 2.35. The fourth-order valence-corrected chi connectivity index (χ4v) is 5.30. The van der Waals surface area contributed by atoms with Crippen LogP contribution in [-0.4, -0.2) is 69.3 Å². The van der Waals surface area contributed by atoms with E-state index >= 15 is 0 Å². The van der Waals surface area contributed by atoms with Crippen molar-refractivity contribution in [1.29, 1.82) is 0 Å². The summed E-state index contributed by atoms with van der Waals surface area (Å²) in [6.07, 6.45) is 1.68. The molecule has 0 saturated heterocycles. The number of carbonyl (C=O) groups excluding carboxylic acids is 2. The lowest BCUT2D eigenvalue weighted by Gasteiger charge is -2.33. The van der Waals surface area contributed by atoms with Crippen LogP contribution in [0.3, 0.4) is 0 Å². The van der Waals surface area contributed by atoms with Gasteiger partial charge in [-0.25, -0.2) is 8.42 Å². The lowest BCUT2D eigenvalue weighted by Crippen LogP contribution is -2.54. The number of ether oxygens (including phenoxy) is 2. The fraction of sp³-hybridized carbons (Fsp3) is 0.500. The third-order valence-corrected chi connectivity index (χ3v) is 8.41. The molecule has 0 bridgehead atoms. The predicted octanol–water partition coefficient (Wildman–Crippen LogP) is 3.38. The highest BCUT2D eigenvalue weighted by Gasteiger charge is 2.33. The van der Waals surface area contributed by atoms with Crippen LogP contribution in [0.5, 0.6) is 11.5 Å². The Morgan fingerprint density at radius 3 is 2.29 bits per heavy atom. The summed E-state index contributed by atoms with van der Waals surface area (Å²) >= 11 is 0. The number of nitrogens with one attached hydrogen (secondary N) is 1. The summed E-state index contributed by atoms with van der Waals surface area (Å²) in [5, 5.41) is 2.98. The van der Waals surface area contributed by atoms with Gasteiger partial charge in [0.1, 0.15) is 25.8 Å². The molecule has 2 amide bonds. The van der Waals surface area contributed by atoms with Crippen molar-refractivity contribution in [2.24, 2.45) is 0 Å². The molecule has 2 aromatic carbocycles. The zero-order chi connectivity index (χ0) is 27.7. The summed E-state index contributed by atoms with van der Waals surface area (Å²) in [7, 11) is -3.82. The van der Waals surface area contributed by atoms with Crippen LogP contribution >= 0.6 is 0 Å². The number of benzene rings is 2. The summed E-state index contributed by atoms with van der Waals surface area (Å²) in [5.41, 5.74) is 1.33. The van der Waals surface area contributed by atoms with E-state index in [2.05, 4.69) is 5.32 Å². The Hall–Kier alpha value is -3.27. The van der Waals surface area contributed by atoms with Crippen molar-refractivity contribution in [2.45, 2.75) is 59.0 Å². The van der Waals surface area contributed by atoms with E-state index in [1.54, 1.807) is 18.2 Å². The summed E-state index contributed by atoms with van der Waals surface area (Å²) in [6, 6.07) is 13.8. The average molecular weight is 546 g/mol. The molecule has 0 radical (unpaired) electrons. The summed E-state index contributed by atoms with van der Waals surface area (Å²) in [5.74, 6) is 0.0754. The largest absolute Gasteiger partial charge is 0.486 e. The summed E-state index contributed by atoms with van der Waals surface area (Å²) < 4.78 is 38.6. The molecule has 0 fully saturated rings. The van der Waals surface area contributed by atoms with Crippen molar-refractivity contribution < 1.29 is 27.5 Å². The quantitative estimate of drug-likeness (QED) is 0.414. The van der Waals surface area contributed by atoms with Crippen LogP contribution in [-0.2, 0) is 26.0 Å². The molecule has 38 heavy (non-hydrogen) atoms. The molecule has 1 heterocycles. The van der Waals surface area contributed by atoms with Gasteiger partial charge in [0.2, 0.25) is 21.8 Å². The van der Waals surface area contributed by atoms with Crippen molar-refractivity contribution in [2.75, 3.05) is 36.4 Å².